The Morgan fingerprint density at radius 1 is 1.46 bits per heavy atom. The van der Waals surface area contributed by atoms with Gasteiger partial charge in [-0.1, -0.05) is 0 Å². The zero-order valence-corrected chi connectivity index (χ0v) is 15.7. The summed E-state index contributed by atoms with van der Waals surface area (Å²) in [5, 5.41) is 3.45. The molecule has 0 radical (unpaired) electrons. The van der Waals surface area contributed by atoms with E-state index in [1.165, 1.54) is 18.9 Å². The first-order valence-electron chi connectivity index (χ1n) is 7.48. The van der Waals surface area contributed by atoms with Crippen LogP contribution < -0.4 is 5.32 Å². The van der Waals surface area contributed by atoms with Gasteiger partial charge in [-0.3, -0.25) is 4.79 Å². The predicted octanol–water partition coefficient (Wildman–Crippen LogP) is 0.684. The van der Waals surface area contributed by atoms with Crippen LogP contribution in [0.5, 0.6) is 0 Å². The van der Waals surface area contributed by atoms with Crippen LogP contribution in [-0.4, -0.2) is 67.3 Å². The van der Waals surface area contributed by atoms with Crippen molar-refractivity contribution in [3.63, 3.8) is 0 Å². The molecule has 0 aromatic carbocycles. The van der Waals surface area contributed by atoms with Crippen molar-refractivity contribution in [2.45, 2.75) is 32.4 Å². The summed E-state index contributed by atoms with van der Waals surface area (Å²) >= 11 is 1.14. The summed E-state index contributed by atoms with van der Waals surface area (Å²) in [6.45, 7) is 3.17. The van der Waals surface area contributed by atoms with Gasteiger partial charge in [-0.05, 0) is 31.8 Å². The fourth-order valence-electron chi connectivity index (χ4n) is 2.60. The van der Waals surface area contributed by atoms with Crippen LogP contribution in [0.2, 0.25) is 0 Å². The Balaban J connectivity index is 2.03. The monoisotopic (exact) mass is 375 g/mol. The average Bonchev–Trinajstić information content (AvgIpc) is 3.07. The van der Waals surface area contributed by atoms with Gasteiger partial charge in [0.1, 0.15) is 10.6 Å². The molecule has 1 aromatic heterocycles. The minimum atomic E-state index is -3.09. The number of hydrogen-bond acceptors (Lipinski definition) is 8. The lowest BCUT2D eigenvalue weighted by molar-refractivity contribution is -0.140. The Morgan fingerprint density at radius 2 is 2.12 bits per heavy atom. The Hall–Kier alpha value is -1.68. The summed E-state index contributed by atoms with van der Waals surface area (Å²) in [6.07, 6.45) is -0.599. The third kappa shape index (κ3) is 3.86. The largest absolute Gasteiger partial charge is 0.449 e. The molecule has 2 atom stereocenters. The van der Waals surface area contributed by atoms with Crippen molar-refractivity contribution in [3.05, 3.63) is 11.3 Å². The minimum Gasteiger partial charge on any atom is -0.449 e. The highest BCUT2D eigenvalue weighted by Crippen LogP contribution is 2.25. The van der Waals surface area contributed by atoms with Gasteiger partial charge in [0.15, 0.2) is 15.9 Å². The topological polar surface area (TPSA) is 106 Å². The lowest BCUT2D eigenvalue weighted by Crippen LogP contribution is -2.44. The van der Waals surface area contributed by atoms with E-state index in [4.69, 9.17) is 4.74 Å². The fraction of sp³-hybridized carbons (Fsp3) is 0.643. The lowest BCUT2D eigenvalue weighted by Gasteiger charge is -2.26. The first-order valence-corrected chi connectivity index (χ1v) is 10.1. The molecule has 1 amide bonds. The molecular formula is C14H21N3O5S2. The molecule has 1 fully saturated rings. The molecule has 0 saturated carbocycles. The van der Waals surface area contributed by atoms with Crippen LogP contribution in [0.4, 0.5) is 5.00 Å². The zero-order valence-electron chi connectivity index (χ0n) is 14.0. The number of esters is 1. The van der Waals surface area contributed by atoms with Crippen LogP contribution in [0.15, 0.2) is 0 Å². The van der Waals surface area contributed by atoms with Gasteiger partial charge in [0.25, 0.3) is 5.91 Å². The van der Waals surface area contributed by atoms with Gasteiger partial charge in [-0.25, -0.2) is 13.2 Å². The highest BCUT2D eigenvalue weighted by atomic mass is 32.2. The molecule has 1 aromatic rings. The zero-order chi connectivity index (χ0) is 18.1. The summed E-state index contributed by atoms with van der Waals surface area (Å²) in [7, 11) is 0.120. The number of aryl methyl sites for hydroxylation is 1. The van der Waals surface area contributed by atoms with Crippen LogP contribution in [0.3, 0.4) is 0 Å². The summed E-state index contributed by atoms with van der Waals surface area (Å²) in [6, 6.07) is -0.374. The summed E-state index contributed by atoms with van der Waals surface area (Å²) in [5.41, 5.74) is 0.845. The van der Waals surface area contributed by atoms with Crippen LogP contribution in [0, 0.1) is 6.92 Å². The molecule has 10 heteroatoms. The van der Waals surface area contributed by atoms with Gasteiger partial charge < -0.3 is 15.0 Å². The maximum atomic E-state index is 12.4. The number of anilines is 1. The van der Waals surface area contributed by atoms with E-state index in [1.54, 1.807) is 14.0 Å². The Bertz CT molecular complexity index is 744. The van der Waals surface area contributed by atoms with Crippen molar-refractivity contribution >= 4 is 38.2 Å². The average molecular weight is 375 g/mol. The van der Waals surface area contributed by atoms with Crippen LogP contribution >= 0.6 is 11.5 Å². The second kappa shape index (κ2) is 7.06. The molecule has 2 rings (SSSR count). The normalized spacial score (nSPS) is 20.4. The highest BCUT2D eigenvalue weighted by Gasteiger charge is 2.35. The number of aromatic nitrogens is 1. The Labute approximate surface area is 145 Å². The second-order valence-electron chi connectivity index (χ2n) is 5.78. The molecule has 24 heavy (non-hydrogen) atoms. The minimum absolute atomic E-state index is 0.0482. The molecule has 1 saturated heterocycles. The number of hydrogen-bond donors (Lipinski definition) is 1. The van der Waals surface area contributed by atoms with E-state index < -0.39 is 27.8 Å². The van der Waals surface area contributed by atoms with E-state index in [1.807, 2.05) is 0 Å². The SMILES string of the molecule is CNc1snc(C)c1C(=O)O[C@@H](C)C(=O)N(C)[C@H]1CCS(=O)(=O)C1. The first-order chi connectivity index (χ1) is 11.2. The maximum absolute atomic E-state index is 12.4. The van der Waals surface area contributed by atoms with E-state index in [0.717, 1.165) is 11.5 Å². The Morgan fingerprint density at radius 3 is 2.67 bits per heavy atom. The van der Waals surface area contributed by atoms with E-state index >= 15 is 0 Å². The van der Waals surface area contributed by atoms with E-state index in [2.05, 4.69) is 9.69 Å². The third-order valence-corrected chi connectivity index (χ3v) is 6.74. The number of carbonyl (C=O) groups excluding carboxylic acids is 2. The smallest absolute Gasteiger partial charge is 0.343 e. The highest BCUT2D eigenvalue weighted by molar-refractivity contribution is 7.91. The molecule has 0 unspecified atom stereocenters. The van der Waals surface area contributed by atoms with Crippen molar-refractivity contribution in [3.8, 4) is 0 Å². The number of rotatable bonds is 5. The van der Waals surface area contributed by atoms with Crippen LogP contribution in [-0.2, 0) is 19.4 Å². The fourth-order valence-corrected chi connectivity index (χ4v) is 5.11. The molecule has 8 nitrogen and oxygen atoms in total. The molecule has 0 spiro atoms. The van der Waals surface area contributed by atoms with Crippen LogP contribution in [0.25, 0.3) is 0 Å². The third-order valence-electron chi connectivity index (χ3n) is 4.03. The number of ether oxygens (including phenoxy) is 1. The van der Waals surface area contributed by atoms with Crippen molar-refractivity contribution in [2.24, 2.45) is 0 Å². The van der Waals surface area contributed by atoms with Gasteiger partial charge in [0.05, 0.1) is 17.2 Å². The van der Waals surface area contributed by atoms with Gasteiger partial charge in [-0.15, -0.1) is 0 Å². The second-order valence-corrected chi connectivity index (χ2v) is 8.78. The molecule has 1 aliphatic heterocycles. The van der Waals surface area contributed by atoms with Gasteiger partial charge in [0, 0.05) is 20.1 Å². The molecular weight excluding hydrogens is 354 g/mol. The van der Waals surface area contributed by atoms with E-state index in [-0.39, 0.29) is 17.5 Å². The number of sulfone groups is 1. The number of nitrogens with zero attached hydrogens (tertiary/aromatic N) is 2. The molecule has 1 N–H and O–H groups in total. The molecule has 1 aliphatic rings. The quantitative estimate of drug-likeness (QED) is 0.755. The standard InChI is InChI=1S/C14H21N3O5S2/c1-8-11(12(15-3)23-16-8)14(19)22-9(2)13(18)17(4)10-5-6-24(20,21)7-10/h9-10,15H,5-7H2,1-4H3/t9-,10-/m0/s1. The van der Waals surface area contributed by atoms with E-state index in [0.29, 0.717) is 22.7 Å². The molecule has 2 heterocycles. The number of nitrogens with one attached hydrogen (secondary N) is 1. The Kier molecular flexibility index (Phi) is 5.49. The van der Waals surface area contributed by atoms with Crippen molar-refractivity contribution < 1.29 is 22.7 Å². The van der Waals surface area contributed by atoms with Gasteiger partial charge in [0.2, 0.25) is 0 Å². The summed E-state index contributed by atoms with van der Waals surface area (Å²) in [5.74, 6) is -1.02. The van der Waals surface area contributed by atoms with Crippen molar-refractivity contribution in [1.29, 1.82) is 0 Å². The predicted molar refractivity (Wildman–Crippen MR) is 91.1 cm³/mol. The molecule has 0 bridgehead atoms. The first kappa shape index (κ1) is 18.7. The lowest BCUT2D eigenvalue weighted by atomic mass is 10.2. The van der Waals surface area contributed by atoms with Crippen molar-refractivity contribution in [1.82, 2.24) is 9.27 Å². The van der Waals surface area contributed by atoms with Gasteiger partial charge >= 0.3 is 5.97 Å². The number of amides is 1. The number of likely N-dealkylation sites (N-methyl/N-ethyl adjacent to an activating group) is 1. The maximum Gasteiger partial charge on any atom is 0.343 e. The van der Waals surface area contributed by atoms with Gasteiger partial charge in [-0.2, -0.15) is 4.37 Å². The van der Waals surface area contributed by atoms with Crippen LogP contribution in [0.1, 0.15) is 29.4 Å². The molecule has 0 aliphatic carbocycles. The van der Waals surface area contributed by atoms with Crippen molar-refractivity contribution in [2.75, 3.05) is 30.9 Å². The summed E-state index contributed by atoms with van der Waals surface area (Å²) in [4.78, 5) is 26.1. The van der Waals surface area contributed by atoms with E-state index in [9.17, 15) is 18.0 Å². The number of carbonyl (C=O) groups is 2. The molecule has 134 valence electrons. The summed E-state index contributed by atoms with van der Waals surface area (Å²) < 4.78 is 32.4.